The van der Waals surface area contributed by atoms with Crippen LogP contribution < -0.4 is 0 Å². The summed E-state index contributed by atoms with van der Waals surface area (Å²) in [6.07, 6.45) is -9.25. The monoisotopic (exact) mass is 851 g/mol. The number of carbonyl (C=O) groups excluding carboxylic acids is 8. The molecule has 3 fully saturated rings. The van der Waals surface area contributed by atoms with Gasteiger partial charge >= 0.3 is 47.8 Å². The Morgan fingerprint density at radius 3 is 1.92 bits per heavy atom. The highest BCUT2D eigenvalue weighted by molar-refractivity contribution is 5.91. The SMILES string of the molecule is CC(=O)OC[C@]12[C@H](OC(C)=O)[C@@H](OC(C)=O)[C@@H]3[C@@H](OC(C)=O)[C@@]14O[C@@]3(C)COC(=O)c1cccnc1[C@@H](C)[C@@H](C)C(=O)O[C@@H]([C@H](OC(C)=O)[C@@H]2OC(=O)c1ccccc1)[C@H]4C. The number of pyridine rings is 1. The summed E-state index contributed by atoms with van der Waals surface area (Å²) >= 11 is 0. The molecule has 18 heteroatoms. The van der Waals surface area contributed by atoms with Crippen molar-refractivity contribution in [3.8, 4) is 0 Å². The van der Waals surface area contributed by atoms with Crippen molar-refractivity contribution in [3.05, 3.63) is 65.5 Å². The van der Waals surface area contributed by atoms with Crippen LogP contribution in [0.1, 0.15) is 94.6 Å². The van der Waals surface area contributed by atoms with Gasteiger partial charge in [0.1, 0.15) is 48.1 Å². The van der Waals surface area contributed by atoms with Gasteiger partial charge in [0.05, 0.1) is 28.7 Å². The summed E-state index contributed by atoms with van der Waals surface area (Å²) in [6, 6.07) is 10.6. The van der Waals surface area contributed by atoms with E-state index in [4.69, 9.17) is 42.6 Å². The lowest BCUT2D eigenvalue weighted by atomic mass is 9.46. The second-order valence-electron chi connectivity index (χ2n) is 16.2. The van der Waals surface area contributed by atoms with Crippen molar-refractivity contribution in [2.24, 2.45) is 23.2 Å². The Labute approximate surface area is 351 Å². The number of carbonyl (C=O) groups is 8. The van der Waals surface area contributed by atoms with Crippen molar-refractivity contribution >= 4 is 47.8 Å². The first-order valence-electron chi connectivity index (χ1n) is 19.8. The van der Waals surface area contributed by atoms with E-state index in [1.807, 2.05) is 0 Å². The molecule has 6 rings (SSSR count). The Morgan fingerprint density at radius 1 is 0.721 bits per heavy atom. The molecule has 2 saturated carbocycles. The molecule has 2 aliphatic carbocycles. The van der Waals surface area contributed by atoms with E-state index in [1.165, 1.54) is 51.2 Å². The Balaban J connectivity index is 1.77. The highest BCUT2D eigenvalue weighted by atomic mass is 16.7. The molecular formula is C43H49NO17. The first kappa shape index (κ1) is 44.6. The van der Waals surface area contributed by atoms with Crippen LogP contribution in [0.2, 0.25) is 0 Å². The summed E-state index contributed by atoms with van der Waals surface area (Å²) < 4.78 is 56.2. The van der Waals surface area contributed by atoms with Crippen LogP contribution in [-0.4, -0.2) is 114 Å². The molecule has 1 aromatic heterocycles. The molecule has 328 valence electrons. The number of rotatable bonds is 8. The standard InChI is InChI=1S/C43H49NO17/c1-20-21(2)38(50)59-32-22(3)43-35(57-26(7)48)30(41(9,61-43)18-54-40(52)29-16-13-17-44-31(20)29)33(55-24(5)46)36(58-27(8)49)42(43,19-53-23(4)45)37(34(32)56-25(6)47)60-39(51)28-14-11-10-12-15-28/h10-17,20-22,30,32-37H,18-19H2,1-9H3/t20-,21+,22+,30+,32+,33-,34-,35+,36+,37-,41-,42+,43+/m0/s1. The molecule has 0 N–H and O–H groups in total. The molecule has 3 heterocycles. The Hall–Kier alpha value is -5.91. The van der Waals surface area contributed by atoms with E-state index >= 15 is 0 Å². The summed E-state index contributed by atoms with van der Waals surface area (Å²) in [6.45, 7) is 9.99. The predicted molar refractivity (Wildman–Crippen MR) is 204 cm³/mol. The maximum absolute atomic E-state index is 14.5. The zero-order valence-electron chi connectivity index (χ0n) is 35.2. The molecule has 0 radical (unpaired) electrons. The smallest absolute Gasteiger partial charge is 0.340 e. The van der Waals surface area contributed by atoms with Crippen LogP contribution in [0, 0.1) is 23.2 Å². The minimum atomic E-state index is -2.39. The zero-order valence-corrected chi connectivity index (χ0v) is 35.2. The summed E-state index contributed by atoms with van der Waals surface area (Å²) in [5.41, 5.74) is -6.37. The lowest BCUT2D eigenvalue weighted by Crippen LogP contribution is -2.84. The first-order valence-corrected chi connectivity index (χ1v) is 19.8. The molecule has 0 amide bonds. The van der Waals surface area contributed by atoms with Crippen molar-refractivity contribution in [3.63, 3.8) is 0 Å². The Morgan fingerprint density at radius 2 is 1.31 bits per heavy atom. The van der Waals surface area contributed by atoms with Crippen LogP contribution >= 0.6 is 0 Å². The van der Waals surface area contributed by atoms with Crippen molar-refractivity contribution in [1.29, 1.82) is 0 Å². The number of nitrogens with zero attached hydrogens (tertiary/aromatic N) is 1. The Kier molecular flexibility index (Phi) is 12.3. The molecule has 1 aromatic carbocycles. The van der Waals surface area contributed by atoms with Gasteiger partial charge < -0.3 is 42.6 Å². The van der Waals surface area contributed by atoms with E-state index in [0.29, 0.717) is 0 Å². The third-order valence-electron chi connectivity index (χ3n) is 12.3. The number of hydrogen-bond donors (Lipinski definition) is 0. The molecule has 2 aromatic rings. The first-order chi connectivity index (χ1) is 28.7. The van der Waals surface area contributed by atoms with Crippen LogP contribution in [0.3, 0.4) is 0 Å². The van der Waals surface area contributed by atoms with Crippen molar-refractivity contribution in [2.45, 2.75) is 116 Å². The molecule has 1 spiro atoms. The molecule has 18 nitrogen and oxygen atoms in total. The third kappa shape index (κ3) is 7.70. The topological polar surface area (TPSA) is 233 Å². The third-order valence-corrected chi connectivity index (χ3v) is 12.3. The number of ether oxygens (including phenoxy) is 9. The van der Waals surface area contributed by atoms with Gasteiger partial charge in [0.25, 0.3) is 0 Å². The summed E-state index contributed by atoms with van der Waals surface area (Å²) in [5.74, 6) is -12.0. The van der Waals surface area contributed by atoms with E-state index in [0.717, 1.165) is 34.6 Å². The van der Waals surface area contributed by atoms with Crippen LogP contribution in [0.4, 0.5) is 0 Å². The number of aromatic nitrogens is 1. The van der Waals surface area contributed by atoms with E-state index in [-0.39, 0.29) is 16.8 Å². The van der Waals surface area contributed by atoms with E-state index in [1.54, 1.807) is 25.1 Å². The predicted octanol–water partition coefficient (Wildman–Crippen LogP) is 3.21. The summed E-state index contributed by atoms with van der Waals surface area (Å²) in [7, 11) is 0. The molecule has 61 heavy (non-hydrogen) atoms. The quantitative estimate of drug-likeness (QED) is 0.274. The normalized spacial score (nSPS) is 35.2. The van der Waals surface area contributed by atoms with Gasteiger partial charge in [-0.15, -0.1) is 0 Å². The van der Waals surface area contributed by atoms with Gasteiger partial charge in [-0.2, -0.15) is 0 Å². The molecule has 4 aliphatic rings. The van der Waals surface area contributed by atoms with E-state index < -0.39 is 138 Å². The van der Waals surface area contributed by atoms with E-state index in [2.05, 4.69) is 4.98 Å². The zero-order chi connectivity index (χ0) is 44.8. The van der Waals surface area contributed by atoms with Gasteiger partial charge in [-0.3, -0.25) is 33.8 Å². The molecule has 0 unspecified atom stereocenters. The lowest BCUT2D eigenvalue weighted by Gasteiger charge is -2.65. The fraction of sp³-hybridized carbons (Fsp3) is 0.558. The van der Waals surface area contributed by atoms with Crippen LogP contribution in [-0.2, 0) is 71.4 Å². The maximum Gasteiger partial charge on any atom is 0.340 e. The summed E-state index contributed by atoms with van der Waals surface area (Å²) in [5, 5.41) is 0. The van der Waals surface area contributed by atoms with Gasteiger partial charge in [-0.1, -0.05) is 39.0 Å². The minimum absolute atomic E-state index is 0.00347. The molecule has 2 aliphatic heterocycles. The van der Waals surface area contributed by atoms with Gasteiger partial charge in [-0.25, -0.2) is 9.59 Å². The molecular weight excluding hydrogens is 802 g/mol. The number of benzene rings is 1. The second-order valence-corrected chi connectivity index (χ2v) is 16.2. The number of fused-ring (bicyclic) bond motifs is 5. The Bertz CT molecular complexity index is 2110. The molecule has 1 saturated heterocycles. The van der Waals surface area contributed by atoms with Crippen LogP contribution in [0.25, 0.3) is 0 Å². The van der Waals surface area contributed by atoms with Gasteiger partial charge in [-0.05, 0) is 31.2 Å². The van der Waals surface area contributed by atoms with Gasteiger partial charge in [0.15, 0.2) is 18.3 Å². The number of esters is 8. The number of cyclic esters (lactones) is 1. The largest absolute Gasteiger partial charge is 0.465 e. The van der Waals surface area contributed by atoms with Gasteiger partial charge in [0.2, 0.25) is 0 Å². The average molecular weight is 852 g/mol. The van der Waals surface area contributed by atoms with Crippen molar-refractivity contribution in [2.75, 3.05) is 13.2 Å². The van der Waals surface area contributed by atoms with Crippen molar-refractivity contribution in [1.82, 2.24) is 4.98 Å². The van der Waals surface area contributed by atoms with Crippen LogP contribution in [0.15, 0.2) is 48.7 Å². The molecule has 4 bridgehead atoms. The number of hydrogen-bond acceptors (Lipinski definition) is 18. The second kappa shape index (κ2) is 16.9. The fourth-order valence-corrected chi connectivity index (χ4v) is 9.82. The summed E-state index contributed by atoms with van der Waals surface area (Å²) in [4.78, 5) is 114. The average Bonchev–Trinajstić information content (AvgIpc) is 3.41. The van der Waals surface area contributed by atoms with Crippen LogP contribution in [0.5, 0.6) is 0 Å². The highest BCUT2D eigenvalue weighted by Gasteiger charge is 2.88. The minimum Gasteiger partial charge on any atom is -0.465 e. The van der Waals surface area contributed by atoms with Gasteiger partial charge in [0, 0.05) is 52.7 Å². The lowest BCUT2D eigenvalue weighted by molar-refractivity contribution is -0.348. The molecule has 13 atom stereocenters. The maximum atomic E-state index is 14.5. The highest BCUT2D eigenvalue weighted by Crippen LogP contribution is 2.69. The van der Waals surface area contributed by atoms with Crippen molar-refractivity contribution < 1.29 is 81.0 Å². The fourth-order valence-electron chi connectivity index (χ4n) is 9.82. The van der Waals surface area contributed by atoms with E-state index in [9.17, 15) is 38.4 Å².